The molecule has 0 saturated carbocycles. The van der Waals surface area contributed by atoms with Crippen LogP contribution in [0.25, 0.3) is 10.2 Å². The summed E-state index contributed by atoms with van der Waals surface area (Å²) in [5.41, 5.74) is 6.66. The van der Waals surface area contributed by atoms with Crippen LogP contribution in [0.1, 0.15) is 16.4 Å². The number of aromatic nitrogens is 4. The predicted octanol–water partition coefficient (Wildman–Crippen LogP) is 2.29. The maximum absolute atomic E-state index is 5.75. The highest BCUT2D eigenvalue weighted by atomic mass is 32.1. The highest BCUT2D eigenvalue weighted by Gasteiger charge is 2.09. The molecule has 0 unspecified atom stereocenters. The summed E-state index contributed by atoms with van der Waals surface area (Å²) in [4.78, 5) is 19.0. The second-order valence-corrected chi connectivity index (χ2v) is 5.69. The van der Waals surface area contributed by atoms with E-state index in [0.717, 1.165) is 27.6 Å². The Morgan fingerprint density at radius 3 is 2.90 bits per heavy atom. The Morgan fingerprint density at radius 2 is 2.10 bits per heavy atom. The van der Waals surface area contributed by atoms with Crippen molar-refractivity contribution in [2.24, 2.45) is 0 Å². The molecule has 3 heterocycles. The third-order valence-corrected chi connectivity index (χ3v) is 3.75. The molecule has 0 aromatic carbocycles. The van der Waals surface area contributed by atoms with Crippen molar-refractivity contribution < 1.29 is 0 Å². The van der Waals surface area contributed by atoms with Crippen molar-refractivity contribution in [1.82, 2.24) is 19.9 Å². The Kier molecular flexibility index (Phi) is 3.19. The molecule has 0 aliphatic carbocycles. The molecule has 20 heavy (non-hydrogen) atoms. The lowest BCUT2D eigenvalue weighted by Gasteiger charge is -2.07. The molecule has 0 spiro atoms. The van der Waals surface area contributed by atoms with Gasteiger partial charge in [0, 0.05) is 11.1 Å². The molecule has 3 aromatic heterocycles. The first kappa shape index (κ1) is 12.7. The lowest BCUT2D eigenvalue weighted by molar-refractivity contribution is 0.951. The fraction of sp³-hybridized carbons (Fsp3) is 0.231. The van der Waals surface area contributed by atoms with Gasteiger partial charge in [-0.25, -0.2) is 15.0 Å². The number of hydrogen-bond acceptors (Lipinski definition) is 7. The van der Waals surface area contributed by atoms with E-state index in [0.29, 0.717) is 6.54 Å². The number of thiophene rings is 1. The van der Waals surface area contributed by atoms with Crippen molar-refractivity contribution in [1.29, 1.82) is 0 Å². The van der Waals surface area contributed by atoms with E-state index in [1.165, 1.54) is 4.88 Å². The summed E-state index contributed by atoms with van der Waals surface area (Å²) in [5.74, 6) is 1.77. The molecule has 0 saturated heterocycles. The largest absolute Gasteiger partial charge is 0.368 e. The summed E-state index contributed by atoms with van der Waals surface area (Å²) in [6.45, 7) is 4.48. The number of fused-ring (bicyclic) bond motifs is 1. The van der Waals surface area contributed by atoms with Gasteiger partial charge < -0.3 is 11.1 Å². The number of rotatable bonds is 3. The van der Waals surface area contributed by atoms with Gasteiger partial charge in [-0.3, -0.25) is 0 Å². The molecule has 0 radical (unpaired) electrons. The van der Waals surface area contributed by atoms with Gasteiger partial charge in [-0.1, -0.05) is 0 Å². The van der Waals surface area contributed by atoms with Gasteiger partial charge in [-0.15, -0.1) is 11.3 Å². The summed E-state index contributed by atoms with van der Waals surface area (Å²) < 4.78 is 0. The van der Waals surface area contributed by atoms with E-state index in [9.17, 15) is 0 Å². The fourth-order valence-corrected chi connectivity index (χ4v) is 2.86. The third kappa shape index (κ3) is 2.53. The summed E-state index contributed by atoms with van der Waals surface area (Å²) in [6, 6.07) is 3.94. The van der Waals surface area contributed by atoms with Crippen LogP contribution < -0.4 is 11.1 Å². The average molecular weight is 286 g/mol. The number of nitrogens with two attached hydrogens (primary N) is 1. The van der Waals surface area contributed by atoms with Crippen molar-refractivity contribution in [2.75, 3.05) is 11.1 Å². The SMILES string of the molecule is Cc1nccc(CNc2nc(N)nc3sc(C)cc23)n1. The zero-order valence-electron chi connectivity index (χ0n) is 11.2. The normalized spacial score (nSPS) is 10.9. The number of hydrogen-bond donors (Lipinski definition) is 2. The molecule has 102 valence electrons. The van der Waals surface area contributed by atoms with Gasteiger partial charge in [0.1, 0.15) is 16.5 Å². The van der Waals surface area contributed by atoms with Crippen LogP contribution in [0.4, 0.5) is 11.8 Å². The van der Waals surface area contributed by atoms with E-state index >= 15 is 0 Å². The first-order valence-corrected chi connectivity index (χ1v) is 6.99. The van der Waals surface area contributed by atoms with Gasteiger partial charge in [-0.05, 0) is 26.0 Å². The quantitative estimate of drug-likeness (QED) is 0.768. The molecule has 7 heteroatoms. The third-order valence-electron chi connectivity index (χ3n) is 2.80. The van der Waals surface area contributed by atoms with Crippen LogP contribution >= 0.6 is 11.3 Å². The lowest BCUT2D eigenvalue weighted by Crippen LogP contribution is -2.06. The average Bonchev–Trinajstić information content (AvgIpc) is 2.76. The van der Waals surface area contributed by atoms with Crippen LogP contribution in [0.2, 0.25) is 0 Å². The van der Waals surface area contributed by atoms with Gasteiger partial charge in [0.25, 0.3) is 0 Å². The molecule has 0 amide bonds. The van der Waals surface area contributed by atoms with Crippen LogP contribution in [0, 0.1) is 13.8 Å². The van der Waals surface area contributed by atoms with E-state index in [2.05, 4.69) is 31.3 Å². The maximum Gasteiger partial charge on any atom is 0.223 e. The Morgan fingerprint density at radius 1 is 1.25 bits per heavy atom. The van der Waals surface area contributed by atoms with E-state index in [4.69, 9.17) is 5.73 Å². The molecular weight excluding hydrogens is 272 g/mol. The highest BCUT2D eigenvalue weighted by Crippen LogP contribution is 2.29. The number of nitrogen functional groups attached to an aromatic ring is 1. The molecule has 0 fully saturated rings. The molecule has 3 rings (SSSR count). The first-order chi connectivity index (χ1) is 9.61. The lowest BCUT2D eigenvalue weighted by atomic mass is 10.3. The molecule has 0 aliphatic rings. The molecule has 0 atom stereocenters. The summed E-state index contributed by atoms with van der Waals surface area (Å²) >= 11 is 1.61. The van der Waals surface area contributed by atoms with E-state index in [1.807, 2.05) is 19.9 Å². The topological polar surface area (TPSA) is 89.6 Å². The minimum Gasteiger partial charge on any atom is -0.368 e. The second kappa shape index (κ2) is 5.01. The standard InChI is InChI=1S/C13H14N6S/c1-7-5-10-11(18-13(14)19-12(10)20-7)16-6-9-3-4-15-8(2)17-9/h3-5H,6H2,1-2H3,(H3,14,16,18,19). The molecule has 3 aromatic rings. The molecule has 0 aliphatic heterocycles. The number of nitrogens with zero attached hydrogens (tertiary/aromatic N) is 4. The molecule has 6 nitrogen and oxygen atoms in total. The Hall–Kier alpha value is -2.28. The van der Waals surface area contributed by atoms with Crippen molar-refractivity contribution in [3.8, 4) is 0 Å². The number of anilines is 2. The van der Waals surface area contributed by atoms with Crippen molar-refractivity contribution >= 4 is 33.3 Å². The minimum atomic E-state index is 0.278. The van der Waals surface area contributed by atoms with E-state index in [1.54, 1.807) is 17.5 Å². The highest BCUT2D eigenvalue weighted by molar-refractivity contribution is 7.18. The van der Waals surface area contributed by atoms with Gasteiger partial charge in [0.2, 0.25) is 5.95 Å². The van der Waals surface area contributed by atoms with Crippen molar-refractivity contribution in [2.45, 2.75) is 20.4 Å². The Labute approximate surface area is 120 Å². The Balaban J connectivity index is 1.90. The van der Waals surface area contributed by atoms with Crippen molar-refractivity contribution in [3.05, 3.63) is 34.7 Å². The van der Waals surface area contributed by atoms with Gasteiger partial charge in [0.15, 0.2) is 0 Å². The van der Waals surface area contributed by atoms with Crippen LogP contribution in [-0.4, -0.2) is 19.9 Å². The molecule has 0 bridgehead atoms. The van der Waals surface area contributed by atoms with Crippen molar-refractivity contribution in [3.63, 3.8) is 0 Å². The monoisotopic (exact) mass is 286 g/mol. The van der Waals surface area contributed by atoms with Crippen LogP contribution in [-0.2, 0) is 6.54 Å². The summed E-state index contributed by atoms with van der Waals surface area (Å²) in [6.07, 6.45) is 1.75. The van der Waals surface area contributed by atoms with Crippen LogP contribution in [0.15, 0.2) is 18.3 Å². The first-order valence-electron chi connectivity index (χ1n) is 6.18. The molecular formula is C13H14N6S. The Bertz CT molecular complexity index is 767. The van der Waals surface area contributed by atoms with E-state index < -0.39 is 0 Å². The summed E-state index contributed by atoms with van der Waals surface area (Å²) in [7, 11) is 0. The fourth-order valence-electron chi connectivity index (χ4n) is 1.97. The second-order valence-electron chi connectivity index (χ2n) is 4.46. The zero-order chi connectivity index (χ0) is 14.1. The number of aryl methyl sites for hydroxylation is 2. The predicted molar refractivity (Wildman–Crippen MR) is 80.7 cm³/mol. The summed E-state index contributed by atoms with van der Waals surface area (Å²) in [5, 5.41) is 4.26. The number of nitrogens with one attached hydrogen (secondary N) is 1. The van der Waals surface area contributed by atoms with Crippen LogP contribution in [0.3, 0.4) is 0 Å². The van der Waals surface area contributed by atoms with Gasteiger partial charge >= 0.3 is 0 Å². The van der Waals surface area contributed by atoms with E-state index in [-0.39, 0.29) is 5.95 Å². The smallest absolute Gasteiger partial charge is 0.223 e. The molecule has 3 N–H and O–H groups in total. The van der Waals surface area contributed by atoms with Gasteiger partial charge in [0.05, 0.1) is 17.6 Å². The van der Waals surface area contributed by atoms with Crippen LogP contribution in [0.5, 0.6) is 0 Å². The maximum atomic E-state index is 5.75. The van der Waals surface area contributed by atoms with Gasteiger partial charge in [-0.2, -0.15) is 4.98 Å². The zero-order valence-corrected chi connectivity index (χ0v) is 12.0. The minimum absolute atomic E-state index is 0.278.